The van der Waals surface area contributed by atoms with Crippen molar-refractivity contribution in [1.29, 1.82) is 0 Å². The molecule has 0 heterocycles. The van der Waals surface area contributed by atoms with Gasteiger partial charge < -0.3 is 15.4 Å². The van der Waals surface area contributed by atoms with Crippen LogP contribution in [0.4, 0.5) is 14.5 Å². The summed E-state index contributed by atoms with van der Waals surface area (Å²) in [7, 11) is 2.99. The van der Waals surface area contributed by atoms with E-state index < -0.39 is 11.6 Å². The Bertz CT molecular complexity index is 318. The highest BCUT2D eigenvalue weighted by atomic mass is 19.1. The molecule has 5 heteroatoms. The number of anilines is 1. The molecule has 2 N–H and O–H groups in total. The van der Waals surface area contributed by atoms with Crippen LogP contribution in [0.2, 0.25) is 0 Å². The van der Waals surface area contributed by atoms with Crippen LogP contribution in [0.5, 0.6) is 5.75 Å². The summed E-state index contributed by atoms with van der Waals surface area (Å²) >= 11 is 0. The molecule has 0 aromatic heterocycles. The van der Waals surface area contributed by atoms with Crippen molar-refractivity contribution < 1.29 is 13.5 Å². The van der Waals surface area contributed by atoms with Crippen molar-refractivity contribution in [2.75, 3.05) is 26.1 Å². The van der Waals surface area contributed by atoms with Crippen molar-refractivity contribution in [2.24, 2.45) is 0 Å². The molecule has 0 saturated heterocycles. The lowest BCUT2D eigenvalue weighted by atomic mass is 10.2. The van der Waals surface area contributed by atoms with Crippen molar-refractivity contribution in [3.8, 4) is 5.75 Å². The molecule has 0 radical (unpaired) electrons. The Kier molecular flexibility index (Phi) is 3.64. The van der Waals surface area contributed by atoms with Gasteiger partial charge in [0.25, 0.3) is 0 Å². The second kappa shape index (κ2) is 4.76. The van der Waals surface area contributed by atoms with Gasteiger partial charge in [0, 0.05) is 12.1 Å². The van der Waals surface area contributed by atoms with Crippen LogP contribution in [0.25, 0.3) is 0 Å². The number of ether oxygens (including phenoxy) is 1. The van der Waals surface area contributed by atoms with Gasteiger partial charge in [0.15, 0.2) is 11.6 Å². The quantitative estimate of drug-likeness (QED) is 0.727. The van der Waals surface area contributed by atoms with Gasteiger partial charge in [-0.2, -0.15) is 0 Å². The van der Waals surface area contributed by atoms with Crippen LogP contribution in [0.3, 0.4) is 0 Å². The second-order valence-corrected chi connectivity index (χ2v) is 2.67. The smallest absolute Gasteiger partial charge is 0.167 e. The van der Waals surface area contributed by atoms with Gasteiger partial charge in [0.05, 0.1) is 19.5 Å². The monoisotopic (exact) mass is 202 g/mol. The third-order valence-electron chi connectivity index (χ3n) is 1.70. The molecular formula is C9H12F2N2O. The molecule has 14 heavy (non-hydrogen) atoms. The number of halogens is 2. The van der Waals surface area contributed by atoms with E-state index in [-0.39, 0.29) is 11.4 Å². The highest BCUT2D eigenvalue weighted by Gasteiger charge is 2.09. The topological polar surface area (TPSA) is 33.3 Å². The fourth-order valence-electron chi connectivity index (χ4n) is 1.00. The van der Waals surface area contributed by atoms with E-state index >= 15 is 0 Å². The molecule has 1 rings (SSSR count). The van der Waals surface area contributed by atoms with Gasteiger partial charge in [0.1, 0.15) is 5.82 Å². The first-order chi connectivity index (χ1) is 6.69. The first-order valence-corrected chi connectivity index (χ1v) is 4.10. The predicted molar refractivity (Wildman–Crippen MR) is 50.5 cm³/mol. The zero-order chi connectivity index (χ0) is 10.6. The van der Waals surface area contributed by atoms with E-state index in [1.165, 1.54) is 7.11 Å². The molecular weight excluding hydrogens is 190 g/mol. The summed E-state index contributed by atoms with van der Waals surface area (Å²) in [5.41, 5.74) is 0.109. The van der Waals surface area contributed by atoms with Gasteiger partial charge >= 0.3 is 0 Å². The summed E-state index contributed by atoms with van der Waals surface area (Å²) in [6.45, 7) is 0.364. The Labute approximate surface area is 81.1 Å². The molecule has 0 saturated carbocycles. The Hall–Kier alpha value is -1.36. The van der Waals surface area contributed by atoms with Crippen LogP contribution in [-0.4, -0.2) is 20.8 Å². The Morgan fingerprint density at radius 3 is 2.57 bits per heavy atom. The minimum atomic E-state index is -0.590. The summed E-state index contributed by atoms with van der Waals surface area (Å²) < 4.78 is 30.9. The van der Waals surface area contributed by atoms with E-state index in [2.05, 4.69) is 15.4 Å². The molecule has 0 atom stereocenters. The van der Waals surface area contributed by atoms with E-state index in [4.69, 9.17) is 0 Å². The maximum Gasteiger partial charge on any atom is 0.167 e. The third kappa shape index (κ3) is 2.32. The molecule has 0 amide bonds. The van der Waals surface area contributed by atoms with E-state index in [0.717, 1.165) is 12.1 Å². The van der Waals surface area contributed by atoms with Crippen LogP contribution in [0.15, 0.2) is 12.1 Å². The van der Waals surface area contributed by atoms with Crippen LogP contribution < -0.4 is 15.4 Å². The molecule has 0 bridgehead atoms. The van der Waals surface area contributed by atoms with Crippen molar-refractivity contribution in [2.45, 2.75) is 0 Å². The molecule has 0 unspecified atom stereocenters. The van der Waals surface area contributed by atoms with Crippen LogP contribution in [-0.2, 0) is 0 Å². The minimum absolute atomic E-state index is 0.0995. The average Bonchev–Trinajstić information content (AvgIpc) is 2.18. The second-order valence-electron chi connectivity index (χ2n) is 2.67. The zero-order valence-electron chi connectivity index (χ0n) is 8.03. The number of hydrogen-bond acceptors (Lipinski definition) is 3. The first-order valence-electron chi connectivity index (χ1n) is 4.10. The molecule has 1 aromatic rings. The maximum atomic E-state index is 13.2. The number of hydrogen-bond donors (Lipinski definition) is 2. The van der Waals surface area contributed by atoms with Crippen molar-refractivity contribution in [3.63, 3.8) is 0 Å². The lowest BCUT2D eigenvalue weighted by molar-refractivity contribution is 0.383. The highest BCUT2D eigenvalue weighted by Crippen LogP contribution is 2.24. The highest BCUT2D eigenvalue weighted by molar-refractivity contribution is 5.48. The molecule has 0 aliphatic heterocycles. The summed E-state index contributed by atoms with van der Waals surface area (Å²) in [4.78, 5) is 0. The van der Waals surface area contributed by atoms with E-state index in [0.29, 0.717) is 6.67 Å². The number of rotatable bonds is 4. The van der Waals surface area contributed by atoms with Gasteiger partial charge in [-0.05, 0) is 7.05 Å². The summed E-state index contributed by atoms with van der Waals surface area (Å²) in [5.74, 6) is -1.23. The Morgan fingerprint density at radius 2 is 2.00 bits per heavy atom. The molecule has 3 nitrogen and oxygen atoms in total. The zero-order valence-corrected chi connectivity index (χ0v) is 8.03. The summed E-state index contributed by atoms with van der Waals surface area (Å²) in [6.07, 6.45) is 0. The standard InChI is InChI=1S/C9H12F2N2O/c1-12-5-13-8-3-7(11)9(14-2)4-6(8)10/h3-4,12-13H,5H2,1-2H3. The molecule has 0 aliphatic rings. The molecule has 0 spiro atoms. The van der Waals surface area contributed by atoms with Crippen LogP contribution in [0.1, 0.15) is 0 Å². The lowest BCUT2D eigenvalue weighted by Gasteiger charge is -2.08. The van der Waals surface area contributed by atoms with E-state index in [1.807, 2.05) is 0 Å². The lowest BCUT2D eigenvalue weighted by Crippen LogP contribution is -2.17. The summed E-state index contributed by atoms with van der Waals surface area (Å²) in [6, 6.07) is 2.07. The van der Waals surface area contributed by atoms with Gasteiger partial charge in [-0.15, -0.1) is 0 Å². The fraction of sp³-hybridized carbons (Fsp3) is 0.333. The third-order valence-corrected chi connectivity index (χ3v) is 1.70. The van der Waals surface area contributed by atoms with E-state index in [9.17, 15) is 8.78 Å². The number of benzene rings is 1. The SMILES string of the molecule is CNCNc1cc(F)c(OC)cc1F. The minimum Gasteiger partial charge on any atom is -0.494 e. The predicted octanol–water partition coefficient (Wildman–Crippen LogP) is 1.56. The van der Waals surface area contributed by atoms with E-state index in [1.54, 1.807) is 7.05 Å². The Balaban J connectivity index is 2.90. The maximum absolute atomic E-state index is 13.2. The fourth-order valence-corrected chi connectivity index (χ4v) is 1.00. The molecule has 0 fully saturated rings. The molecule has 0 aliphatic carbocycles. The Morgan fingerprint density at radius 1 is 1.29 bits per heavy atom. The number of methoxy groups -OCH3 is 1. The van der Waals surface area contributed by atoms with Crippen molar-refractivity contribution >= 4 is 5.69 Å². The summed E-state index contributed by atoms with van der Waals surface area (Å²) in [5, 5.41) is 5.43. The normalized spacial score (nSPS) is 10.0. The molecule has 78 valence electrons. The van der Waals surface area contributed by atoms with Crippen molar-refractivity contribution in [3.05, 3.63) is 23.8 Å². The van der Waals surface area contributed by atoms with Gasteiger partial charge in [-0.3, -0.25) is 0 Å². The largest absolute Gasteiger partial charge is 0.494 e. The van der Waals surface area contributed by atoms with Gasteiger partial charge in [0.2, 0.25) is 0 Å². The number of nitrogens with one attached hydrogen (secondary N) is 2. The van der Waals surface area contributed by atoms with Crippen LogP contribution >= 0.6 is 0 Å². The van der Waals surface area contributed by atoms with Gasteiger partial charge in [-0.1, -0.05) is 0 Å². The van der Waals surface area contributed by atoms with Crippen LogP contribution in [0, 0.1) is 11.6 Å². The average molecular weight is 202 g/mol. The first kappa shape index (κ1) is 10.7. The van der Waals surface area contributed by atoms with Crippen molar-refractivity contribution in [1.82, 2.24) is 5.32 Å². The molecule has 1 aromatic carbocycles. The van der Waals surface area contributed by atoms with Gasteiger partial charge in [-0.25, -0.2) is 8.78 Å².